The van der Waals surface area contributed by atoms with Crippen LogP contribution in [0.5, 0.6) is 0 Å². The van der Waals surface area contributed by atoms with Crippen LogP contribution in [0.2, 0.25) is 0 Å². The van der Waals surface area contributed by atoms with E-state index < -0.39 is 12.1 Å². The molecule has 0 bridgehead atoms. The second kappa shape index (κ2) is 16.3. The van der Waals surface area contributed by atoms with Crippen LogP contribution in [0, 0.1) is 0 Å². The van der Waals surface area contributed by atoms with Crippen LogP contribution < -0.4 is 16.2 Å². The standard InChI is InChI=1S/C28H30N6O3.C5H12O.C2HF3O2/c35-17-33-14-10-20(11-15-33)24-16-25(36)31-27-26-22(2-1-3-23(26)32-34(24)27)30-28(37)21-6-4-18(5-7-21)19-8-12-29-13-9-19;1-5(2,3)6-4;3-2(4,5)1(6)7/h1-7,16-17,19-20,29H,8-15H2,(H,30,37)(H,31,36);1-4H3;(H,6,7). The van der Waals surface area contributed by atoms with Crippen LogP contribution in [-0.2, 0) is 14.3 Å². The molecule has 270 valence electrons. The topological polar surface area (TPSA) is 158 Å². The van der Waals surface area contributed by atoms with Gasteiger partial charge in [0.25, 0.3) is 11.5 Å². The van der Waals surface area contributed by atoms with E-state index in [1.165, 1.54) is 5.56 Å². The molecule has 4 aromatic rings. The maximum atomic E-state index is 13.2. The van der Waals surface area contributed by atoms with Gasteiger partial charge in [-0.15, -0.1) is 0 Å². The number of alkyl halides is 3. The normalized spacial score (nSPS) is 15.9. The number of halogens is 3. The lowest BCUT2D eigenvalue weighted by Gasteiger charge is -2.29. The first-order valence-electron chi connectivity index (χ1n) is 16.3. The summed E-state index contributed by atoms with van der Waals surface area (Å²) in [5.41, 5.74) is 4.36. The van der Waals surface area contributed by atoms with E-state index in [4.69, 9.17) is 19.7 Å². The van der Waals surface area contributed by atoms with Crippen LogP contribution in [0.25, 0.3) is 16.6 Å². The van der Waals surface area contributed by atoms with Crippen molar-refractivity contribution in [2.75, 3.05) is 38.6 Å². The number of hydrogen-bond donors (Lipinski definition) is 4. The van der Waals surface area contributed by atoms with E-state index in [1.807, 2.05) is 51.1 Å². The lowest BCUT2D eigenvalue weighted by atomic mass is 9.90. The van der Waals surface area contributed by atoms with Gasteiger partial charge in [0.2, 0.25) is 6.41 Å². The molecule has 0 unspecified atom stereocenters. The van der Waals surface area contributed by atoms with E-state index in [1.54, 1.807) is 22.6 Å². The number of amides is 2. The number of carboxylic acids is 1. The number of H-pyrrole nitrogens is 1. The van der Waals surface area contributed by atoms with Gasteiger partial charge in [-0.3, -0.25) is 14.4 Å². The number of methoxy groups -OCH3 is 1. The maximum absolute atomic E-state index is 13.2. The van der Waals surface area contributed by atoms with Crippen LogP contribution in [0.1, 0.15) is 79.9 Å². The third-order valence-corrected chi connectivity index (χ3v) is 8.65. The monoisotopic (exact) mass is 700 g/mol. The zero-order valence-electron chi connectivity index (χ0n) is 28.5. The van der Waals surface area contributed by atoms with E-state index in [9.17, 15) is 27.6 Å². The van der Waals surface area contributed by atoms with E-state index >= 15 is 0 Å². The Labute approximate surface area is 287 Å². The summed E-state index contributed by atoms with van der Waals surface area (Å²) in [6.45, 7) is 9.42. The van der Waals surface area contributed by atoms with Crippen molar-refractivity contribution in [3.63, 3.8) is 0 Å². The predicted molar refractivity (Wildman–Crippen MR) is 183 cm³/mol. The van der Waals surface area contributed by atoms with Crippen molar-refractivity contribution in [3.05, 3.63) is 75.7 Å². The third-order valence-electron chi connectivity index (χ3n) is 8.65. The number of rotatable bonds is 5. The van der Waals surface area contributed by atoms with Gasteiger partial charge in [0, 0.05) is 37.7 Å². The molecule has 2 aromatic carbocycles. The molecule has 0 atom stereocenters. The fourth-order valence-corrected chi connectivity index (χ4v) is 5.74. The molecule has 2 aliphatic rings. The van der Waals surface area contributed by atoms with Crippen molar-refractivity contribution in [1.29, 1.82) is 0 Å². The predicted octanol–water partition coefficient (Wildman–Crippen LogP) is 5.30. The number of benzene rings is 2. The molecule has 0 radical (unpaired) electrons. The van der Waals surface area contributed by atoms with E-state index in [2.05, 4.69) is 27.8 Å². The van der Waals surface area contributed by atoms with E-state index in [0.717, 1.165) is 50.9 Å². The molecular formula is C35H43F3N6O6. The number of carbonyl (C=O) groups is 3. The fourth-order valence-electron chi connectivity index (χ4n) is 5.74. The summed E-state index contributed by atoms with van der Waals surface area (Å²) in [5.74, 6) is -2.31. The number of hydrogen-bond acceptors (Lipinski definition) is 7. The number of anilines is 1. The van der Waals surface area contributed by atoms with Gasteiger partial charge in [-0.05, 0) is 95.3 Å². The molecule has 15 heteroatoms. The highest BCUT2D eigenvalue weighted by molar-refractivity contribution is 6.11. The molecular weight excluding hydrogens is 657 g/mol. The van der Waals surface area contributed by atoms with Crippen LogP contribution in [-0.4, -0.2) is 88.0 Å². The summed E-state index contributed by atoms with van der Waals surface area (Å²) in [7, 11) is 1.71. The van der Waals surface area contributed by atoms with Crippen LogP contribution in [0.15, 0.2) is 53.3 Å². The Balaban J connectivity index is 0.000000369. The summed E-state index contributed by atoms with van der Waals surface area (Å²) in [5, 5.41) is 19.0. The Kier molecular flexibility index (Phi) is 12.4. The van der Waals surface area contributed by atoms with Crippen LogP contribution >= 0.6 is 0 Å². The quantitative estimate of drug-likeness (QED) is 0.205. The van der Waals surface area contributed by atoms with E-state index in [-0.39, 0.29) is 23.0 Å². The molecule has 2 amide bonds. The number of aromatic nitrogens is 3. The van der Waals surface area contributed by atoms with Gasteiger partial charge in [-0.25, -0.2) is 9.31 Å². The molecule has 2 fully saturated rings. The number of carboxylic acid groups (broad SMARTS) is 1. The van der Waals surface area contributed by atoms with Crippen molar-refractivity contribution in [2.24, 2.45) is 0 Å². The zero-order valence-corrected chi connectivity index (χ0v) is 28.5. The average molecular weight is 701 g/mol. The second-order valence-electron chi connectivity index (χ2n) is 13.2. The molecule has 2 aliphatic heterocycles. The lowest BCUT2D eigenvalue weighted by molar-refractivity contribution is -0.192. The number of ether oxygens (including phenoxy) is 1. The molecule has 0 saturated carbocycles. The number of aliphatic carboxylic acids is 1. The van der Waals surface area contributed by atoms with Gasteiger partial charge in [0.1, 0.15) is 5.65 Å². The van der Waals surface area contributed by atoms with Crippen molar-refractivity contribution in [2.45, 2.75) is 70.1 Å². The van der Waals surface area contributed by atoms with Crippen molar-refractivity contribution in [3.8, 4) is 0 Å². The Hall–Kier alpha value is -4.76. The number of carbonyl (C=O) groups excluding carboxylic acids is 2. The molecule has 4 heterocycles. The molecule has 2 aromatic heterocycles. The van der Waals surface area contributed by atoms with Crippen LogP contribution in [0.4, 0.5) is 18.9 Å². The maximum Gasteiger partial charge on any atom is 0.490 e. The Morgan fingerprint density at radius 1 is 1.00 bits per heavy atom. The number of aromatic amines is 1. The highest BCUT2D eigenvalue weighted by atomic mass is 19.4. The molecule has 4 N–H and O–H groups in total. The number of nitrogens with one attached hydrogen (secondary N) is 3. The molecule has 50 heavy (non-hydrogen) atoms. The first-order valence-corrected chi connectivity index (χ1v) is 16.3. The third kappa shape index (κ3) is 9.91. The van der Waals surface area contributed by atoms with Gasteiger partial charge < -0.3 is 30.4 Å². The van der Waals surface area contributed by atoms with Crippen molar-refractivity contribution >= 4 is 40.5 Å². The van der Waals surface area contributed by atoms with Gasteiger partial charge in [0.05, 0.1) is 27.9 Å². The average Bonchev–Trinajstić information content (AvgIpc) is 3.47. The molecule has 2 saturated heterocycles. The Bertz CT molecular complexity index is 1830. The fraction of sp³-hybridized carbons (Fsp3) is 0.457. The first kappa shape index (κ1) is 38.0. The number of likely N-dealkylation sites (tertiary alicyclic amines) is 1. The smallest absolute Gasteiger partial charge is 0.475 e. The van der Waals surface area contributed by atoms with Gasteiger partial charge in [-0.2, -0.15) is 18.3 Å². The summed E-state index contributed by atoms with van der Waals surface area (Å²) in [6, 6.07) is 15.0. The minimum Gasteiger partial charge on any atom is -0.475 e. The summed E-state index contributed by atoms with van der Waals surface area (Å²) < 4.78 is 38.5. The van der Waals surface area contributed by atoms with Gasteiger partial charge in [-0.1, -0.05) is 18.2 Å². The number of nitrogens with zero attached hydrogens (tertiary/aromatic N) is 3. The largest absolute Gasteiger partial charge is 0.490 e. The zero-order chi connectivity index (χ0) is 36.6. The minimum absolute atomic E-state index is 0.0417. The van der Waals surface area contributed by atoms with Gasteiger partial charge in [0.15, 0.2) is 0 Å². The van der Waals surface area contributed by atoms with Crippen LogP contribution in [0.3, 0.4) is 0 Å². The van der Waals surface area contributed by atoms with Gasteiger partial charge >= 0.3 is 12.1 Å². The summed E-state index contributed by atoms with van der Waals surface area (Å²) in [4.78, 5) is 50.6. The molecule has 0 aliphatic carbocycles. The first-order chi connectivity index (χ1) is 23.6. The summed E-state index contributed by atoms with van der Waals surface area (Å²) >= 11 is 0. The highest BCUT2D eigenvalue weighted by Gasteiger charge is 2.38. The van der Waals surface area contributed by atoms with Crippen molar-refractivity contribution < 1.29 is 37.4 Å². The molecule has 0 spiro atoms. The Morgan fingerprint density at radius 3 is 2.14 bits per heavy atom. The summed E-state index contributed by atoms with van der Waals surface area (Å²) in [6.07, 6.45) is -0.450. The van der Waals surface area contributed by atoms with Crippen molar-refractivity contribution in [1.82, 2.24) is 24.8 Å². The number of fused-ring (bicyclic) bond motifs is 3. The second-order valence-corrected chi connectivity index (χ2v) is 13.2. The minimum atomic E-state index is -5.08. The molecule has 12 nitrogen and oxygen atoms in total. The van der Waals surface area contributed by atoms with E-state index in [0.29, 0.717) is 46.8 Å². The Morgan fingerprint density at radius 2 is 1.60 bits per heavy atom. The lowest BCUT2D eigenvalue weighted by Crippen LogP contribution is -2.32. The highest BCUT2D eigenvalue weighted by Crippen LogP contribution is 2.32. The number of piperidine rings is 2. The SMILES string of the molecule is COC(C)(C)C.O=C(O)C(F)(F)F.O=CN1CCC(c2cc(=O)[nH]c3c4c(NC(=O)c5ccc(C6CCNCC6)cc5)cccc4nn23)CC1. The molecule has 6 rings (SSSR count).